The molecule has 0 fully saturated rings. The highest BCUT2D eigenvalue weighted by Gasteiger charge is 2.32. The minimum atomic E-state index is 0.150. The number of nitrogens with two attached hydrogens (primary N) is 1. The van der Waals surface area contributed by atoms with Crippen molar-refractivity contribution in [2.75, 3.05) is 6.54 Å². The molecule has 0 saturated heterocycles. The second-order valence-corrected chi connectivity index (χ2v) is 7.10. The van der Waals surface area contributed by atoms with Gasteiger partial charge in [0.25, 0.3) is 0 Å². The highest BCUT2D eigenvalue weighted by molar-refractivity contribution is 7.10. The molecule has 0 aliphatic carbocycles. The van der Waals surface area contributed by atoms with Gasteiger partial charge in [-0.1, -0.05) is 0 Å². The molecule has 19 heavy (non-hydrogen) atoms. The lowest BCUT2D eigenvalue weighted by atomic mass is 9.94. The molecule has 1 aliphatic rings. The monoisotopic (exact) mass is 292 g/mol. The summed E-state index contributed by atoms with van der Waals surface area (Å²) in [5, 5.41) is 6.61. The van der Waals surface area contributed by atoms with E-state index in [1.54, 1.807) is 16.2 Å². The SMILES string of the molecule is CC(N)C(c1ccsc1)N1CCc2sccc2C1C. The fraction of sp³-hybridized carbons (Fsp3) is 0.467. The van der Waals surface area contributed by atoms with Gasteiger partial charge in [-0.25, -0.2) is 0 Å². The van der Waals surface area contributed by atoms with Gasteiger partial charge in [0.05, 0.1) is 6.04 Å². The molecule has 2 aromatic heterocycles. The zero-order chi connectivity index (χ0) is 13.4. The summed E-state index contributed by atoms with van der Waals surface area (Å²) >= 11 is 3.65. The average molecular weight is 292 g/mol. The molecular formula is C15H20N2S2. The lowest BCUT2D eigenvalue weighted by Crippen LogP contribution is -2.43. The average Bonchev–Trinajstić information content (AvgIpc) is 3.03. The second-order valence-electron chi connectivity index (χ2n) is 5.32. The lowest BCUT2D eigenvalue weighted by Gasteiger charge is -2.41. The summed E-state index contributed by atoms with van der Waals surface area (Å²) in [4.78, 5) is 4.12. The Kier molecular flexibility index (Phi) is 3.76. The van der Waals surface area contributed by atoms with Gasteiger partial charge in [0.1, 0.15) is 0 Å². The highest BCUT2D eigenvalue weighted by Crippen LogP contribution is 2.39. The molecule has 3 heterocycles. The van der Waals surface area contributed by atoms with E-state index in [0.29, 0.717) is 12.1 Å². The van der Waals surface area contributed by atoms with Crippen molar-refractivity contribution >= 4 is 22.7 Å². The Morgan fingerprint density at radius 3 is 2.89 bits per heavy atom. The first-order valence-electron chi connectivity index (χ1n) is 6.78. The Morgan fingerprint density at radius 2 is 2.21 bits per heavy atom. The van der Waals surface area contributed by atoms with Crippen molar-refractivity contribution in [2.24, 2.45) is 5.73 Å². The largest absolute Gasteiger partial charge is 0.326 e. The topological polar surface area (TPSA) is 29.3 Å². The first-order chi connectivity index (χ1) is 9.18. The van der Waals surface area contributed by atoms with Crippen LogP contribution in [0.2, 0.25) is 0 Å². The Balaban J connectivity index is 1.93. The number of thiophene rings is 2. The van der Waals surface area contributed by atoms with Gasteiger partial charge in [-0.2, -0.15) is 11.3 Å². The predicted molar refractivity (Wildman–Crippen MR) is 83.9 cm³/mol. The zero-order valence-electron chi connectivity index (χ0n) is 11.4. The zero-order valence-corrected chi connectivity index (χ0v) is 13.0. The van der Waals surface area contributed by atoms with Crippen LogP contribution in [0.25, 0.3) is 0 Å². The van der Waals surface area contributed by atoms with E-state index in [1.807, 2.05) is 11.3 Å². The lowest BCUT2D eigenvalue weighted by molar-refractivity contribution is 0.119. The van der Waals surface area contributed by atoms with E-state index in [1.165, 1.54) is 11.1 Å². The van der Waals surface area contributed by atoms with Crippen LogP contribution in [0.15, 0.2) is 28.3 Å². The van der Waals surface area contributed by atoms with Crippen molar-refractivity contribution in [2.45, 2.75) is 38.4 Å². The number of rotatable bonds is 3. The molecule has 2 nitrogen and oxygen atoms in total. The minimum absolute atomic E-state index is 0.150. The van der Waals surface area contributed by atoms with Crippen molar-refractivity contribution in [3.05, 3.63) is 44.3 Å². The Morgan fingerprint density at radius 1 is 1.37 bits per heavy atom. The van der Waals surface area contributed by atoms with Gasteiger partial charge in [-0.3, -0.25) is 4.90 Å². The standard InChI is InChI=1S/C15H20N2S2/c1-10(16)15(12-4-7-18-9-12)17-6-3-14-13(11(17)2)5-8-19-14/h4-5,7-11,15H,3,6,16H2,1-2H3. The molecule has 3 unspecified atom stereocenters. The van der Waals surface area contributed by atoms with Crippen molar-refractivity contribution in [1.82, 2.24) is 4.90 Å². The quantitative estimate of drug-likeness (QED) is 0.932. The van der Waals surface area contributed by atoms with E-state index in [9.17, 15) is 0 Å². The number of hydrogen-bond acceptors (Lipinski definition) is 4. The van der Waals surface area contributed by atoms with Crippen molar-refractivity contribution in [1.29, 1.82) is 0 Å². The van der Waals surface area contributed by atoms with Gasteiger partial charge in [0.2, 0.25) is 0 Å². The van der Waals surface area contributed by atoms with Crippen LogP contribution in [0.4, 0.5) is 0 Å². The maximum Gasteiger partial charge on any atom is 0.0510 e. The molecule has 0 bridgehead atoms. The van der Waals surface area contributed by atoms with Crippen LogP contribution in [-0.2, 0) is 6.42 Å². The van der Waals surface area contributed by atoms with E-state index in [4.69, 9.17) is 5.73 Å². The maximum atomic E-state index is 6.28. The molecule has 3 rings (SSSR count). The summed E-state index contributed by atoms with van der Waals surface area (Å²) in [7, 11) is 0. The normalized spacial score (nSPS) is 23.0. The van der Waals surface area contributed by atoms with Crippen LogP contribution < -0.4 is 5.73 Å². The van der Waals surface area contributed by atoms with Crippen LogP contribution >= 0.6 is 22.7 Å². The first-order valence-corrected chi connectivity index (χ1v) is 8.60. The third-order valence-electron chi connectivity index (χ3n) is 4.06. The van der Waals surface area contributed by atoms with E-state index in [2.05, 4.69) is 47.0 Å². The third kappa shape index (κ3) is 2.38. The van der Waals surface area contributed by atoms with E-state index < -0.39 is 0 Å². The molecule has 102 valence electrons. The summed E-state index contributed by atoms with van der Waals surface area (Å²) in [6.07, 6.45) is 1.16. The summed E-state index contributed by atoms with van der Waals surface area (Å²) in [6, 6.07) is 5.44. The Labute approximate surface area is 122 Å². The van der Waals surface area contributed by atoms with Gasteiger partial charge in [0, 0.05) is 23.5 Å². The van der Waals surface area contributed by atoms with Gasteiger partial charge in [0.15, 0.2) is 0 Å². The molecule has 2 N–H and O–H groups in total. The Hall–Kier alpha value is -0.680. The molecule has 0 aromatic carbocycles. The van der Waals surface area contributed by atoms with Gasteiger partial charge in [-0.15, -0.1) is 11.3 Å². The summed E-state index contributed by atoms with van der Waals surface area (Å²) in [5.41, 5.74) is 9.15. The van der Waals surface area contributed by atoms with E-state index in [0.717, 1.165) is 13.0 Å². The van der Waals surface area contributed by atoms with Crippen LogP contribution in [0.5, 0.6) is 0 Å². The smallest absolute Gasteiger partial charge is 0.0510 e. The van der Waals surface area contributed by atoms with E-state index >= 15 is 0 Å². The molecule has 0 saturated carbocycles. The Bertz CT molecular complexity index is 530. The molecule has 0 spiro atoms. The second kappa shape index (κ2) is 5.37. The van der Waals surface area contributed by atoms with Crippen LogP contribution in [0.1, 0.15) is 41.9 Å². The number of hydrogen-bond donors (Lipinski definition) is 1. The molecule has 1 aliphatic heterocycles. The van der Waals surface area contributed by atoms with Crippen LogP contribution in [0, 0.1) is 0 Å². The van der Waals surface area contributed by atoms with Gasteiger partial charge in [-0.05, 0) is 59.7 Å². The number of fused-ring (bicyclic) bond motifs is 1. The third-order valence-corrected chi connectivity index (χ3v) is 5.76. The van der Waals surface area contributed by atoms with Gasteiger partial charge < -0.3 is 5.73 Å². The fourth-order valence-electron chi connectivity index (χ4n) is 3.15. The van der Waals surface area contributed by atoms with E-state index in [-0.39, 0.29) is 6.04 Å². The van der Waals surface area contributed by atoms with Crippen molar-refractivity contribution < 1.29 is 0 Å². The minimum Gasteiger partial charge on any atom is -0.326 e. The highest BCUT2D eigenvalue weighted by atomic mass is 32.1. The maximum absolute atomic E-state index is 6.28. The molecule has 2 aromatic rings. The predicted octanol–water partition coefficient (Wildman–Crippen LogP) is 3.82. The fourth-order valence-corrected chi connectivity index (χ4v) is 4.80. The number of nitrogens with zero attached hydrogens (tertiary/aromatic N) is 1. The van der Waals surface area contributed by atoms with Crippen LogP contribution in [-0.4, -0.2) is 17.5 Å². The molecule has 3 atom stereocenters. The van der Waals surface area contributed by atoms with Crippen molar-refractivity contribution in [3.8, 4) is 0 Å². The molecule has 4 heteroatoms. The van der Waals surface area contributed by atoms with Crippen molar-refractivity contribution in [3.63, 3.8) is 0 Å². The molecule has 0 amide bonds. The first kappa shape index (κ1) is 13.3. The van der Waals surface area contributed by atoms with Gasteiger partial charge >= 0.3 is 0 Å². The molecular weight excluding hydrogens is 272 g/mol. The molecule has 0 radical (unpaired) electrons. The summed E-state index contributed by atoms with van der Waals surface area (Å²) in [6.45, 7) is 5.54. The van der Waals surface area contributed by atoms with Crippen LogP contribution in [0.3, 0.4) is 0 Å². The summed E-state index contributed by atoms with van der Waals surface area (Å²) in [5.74, 6) is 0. The summed E-state index contributed by atoms with van der Waals surface area (Å²) < 4.78 is 0.